The first-order valence-electron chi connectivity index (χ1n) is 8.38. The molecule has 0 aliphatic rings. The van der Waals surface area contributed by atoms with Crippen LogP contribution in [0, 0.1) is 0 Å². The second-order valence-electron chi connectivity index (χ2n) is 5.78. The first kappa shape index (κ1) is 17.2. The minimum absolute atomic E-state index is 0.696. The Labute approximate surface area is 153 Å². The maximum atomic E-state index is 5.90. The van der Waals surface area contributed by atoms with E-state index in [2.05, 4.69) is 44.9 Å². The minimum Gasteiger partial charge on any atom is -0.370 e. The van der Waals surface area contributed by atoms with E-state index in [1.807, 2.05) is 36.4 Å². The number of rotatable bonds is 8. The molecule has 25 heavy (non-hydrogen) atoms. The molecule has 0 bridgehead atoms. The molecule has 0 saturated heterocycles. The van der Waals surface area contributed by atoms with E-state index in [-0.39, 0.29) is 0 Å². The molecule has 1 heterocycles. The number of hydrogen-bond donors (Lipinski definition) is 2. The number of halogens is 1. The summed E-state index contributed by atoms with van der Waals surface area (Å²) in [5.74, 6) is 1.64. The molecular formula is C20H21ClN4. The average molecular weight is 353 g/mol. The average Bonchev–Trinajstić information content (AvgIpc) is 2.66. The Kier molecular flexibility index (Phi) is 6.23. The Morgan fingerprint density at radius 1 is 0.800 bits per heavy atom. The van der Waals surface area contributed by atoms with Gasteiger partial charge in [-0.05, 0) is 36.1 Å². The van der Waals surface area contributed by atoms with Gasteiger partial charge in [-0.2, -0.15) is 0 Å². The SMILES string of the molecule is Clc1ccc(CNc2cc(NCCCc3ccccc3)ncn2)cc1. The van der Waals surface area contributed by atoms with Crippen molar-refractivity contribution in [1.29, 1.82) is 0 Å². The summed E-state index contributed by atoms with van der Waals surface area (Å²) >= 11 is 5.90. The van der Waals surface area contributed by atoms with E-state index in [1.54, 1.807) is 6.33 Å². The zero-order valence-electron chi connectivity index (χ0n) is 14.0. The summed E-state index contributed by atoms with van der Waals surface area (Å²) in [6, 6.07) is 20.2. The van der Waals surface area contributed by atoms with Crippen molar-refractivity contribution < 1.29 is 0 Å². The van der Waals surface area contributed by atoms with E-state index in [4.69, 9.17) is 11.6 Å². The summed E-state index contributed by atoms with van der Waals surface area (Å²) in [5, 5.41) is 7.40. The standard InChI is InChI=1S/C20H21ClN4/c21-18-10-8-17(9-11-18)14-23-20-13-19(24-15-25-20)22-12-4-7-16-5-2-1-3-6-16/h1-3,5-6,8-11,13,15H,4,7,12,14H2,(H2,22,23,24,25). The van der Waals surface area contributed by atoms with E-state index in [1.165, 1.54) is 5.56 Å². The predicted octanol–water partition coefficient (Wildman–Crippen LogP) is 4.79. The lowest BCUT2D eigenvalue weighted by atomic mass is 10.1. The van der Waals surface area contributed by atoms with Crippen LogP contribution < -0.4 is 10.6 Å². The second kappa shape index (κ2) is 9.04. The number of benzene rings is 2. The Balaban J connectivity index is 1.45. The smallest absolute Gasteiger partial charge is 0.131 e. The third kappa shape index (κ3) is 5.76. The van der Waals surface area contributed by atoms with Crippen LogP contribution in [0.5, 0.6) is 0 Å². The number of nitrogens with one attached hydrogen (secondary N) is 2. The molecule has 0 radical (unpaired) electrons. The number of aromatic nitrogens is 2. The van der Waals surface area contributed by atoms with Crippen molar-refractivity contribution in [2.24, 2.45) is 0 Å². The van der Waals surface area contributed by atoms with Crippen LogP contribution in [0.15, 0.2) is 67.0 Å². The number of nitrogens with zero attached hydrogens (tertiary/aromatic N) is 2. The van der Waals surface area contributed by atoms with Gasteiger partial charge >= 0.3 is 0 Å². The van der Waals surface area contributed by atoms with Crippen molar-refractivity contribution in [1.82, 2.24) is 9.97 Å². The summed E-state index contributed by atoms with van der Waals surface area (Å²) in [5.41, 5.74) is 2.51. The maximum absolute atomic E-state index is 5.90. The van der Waals surface area contributed by atoms with Gasteiger partial charge in [0.25, 0.3) is 0 Å². The van der Waals surface area contributed by atoms with Crippen LogP contribution in [0.3, 0.4) is 0 Å². The van der Waals surface area contributed by atoms with E-state index >= 15 is 0 Å². The van der Waals surface area contributed by atoms with Crippen LogP contribution in [-0.4, -0.2) is 16.5 Å². The van der Waals surface area contributed by atoms with Crippen molar-refractivity contribution in [2.75, 3.05) is 17.2 Å². The van der Waals surface area contributed by atoms with Gasteiger partial charge in [-0.1, -0.05) is 54.1 Å². The molecule has 0 unspecified atom stereocenters. The molecule has 3 aromatic rings. The fraction of sp³-hybridized carbons (Fsp3) is 0.200. The molecule has 3 rings (SSSR count). The molecule has 2 aromatic carbocycles. The Morgan fingerprint density at radius 2 is 1.52 bits per heavy atom. The highest BCUT2D eigenvalue weighted by atomic mass is 35.5. The summed E-state index contributed by atoms with van der Waals surface area (Å²) in [6.45, 7) is 1.57. The predicted molar refractivity (Wildman–Crippen MR) is 104 cm³/mol. The third-order valence-electron chi connectivity index (χ3n) is 3.85. The normalized spacial score (nSPS) is 10.4. The summed E-state index contributed by atoms with van der Waals surface area (Å²) in [6.07, 6.45) is 3.69. The quantitative estimate of drug-likeness (QED) is 0.572. The lowest BCUT2D eigenvalue weighted by molar-refractivity contribution is 0.858. The highest BCUT2D eigenvalue weighted by molar-refractivity contribution is 6.30. The zero-order chi connectivity index (χ0) is 17.3. The Morgan fingerprint density at radius 3 is 2.28 bits per heavy atom. The topological polar surface area (TPSA) is 49.8 Å². The number of aryl methyl sites for hydroxylation is 1. The largest absolute Gasteiger partial charge is 0.370 e. The van der Waals surface area contributed by atoms with Gasteiger partial charge in [0.15, 0.2) is 0 Å². The van der Waals surface area contributed by atoms with Gasteiger partial charge < -0.3 is 10.6 Å². The second-order valence-corrected chi connectivity index (χ2v) is 6.22. The van der Waals surface area contributed by atoms with Crippen LogP contribution in [-0.2, 0) is 13.0 Å². The van der Waals surface area contributed by atoms with E-state index < -0.39 is 0 Å². The van der Waals surface area contributed by atoms with Crippen molar-refractivity contribution in [3.63, 3.8) is 0 Å². The van der Waals surface area contributed by atoms with Gasteiger partial charge in [0.1, 0.15) is 18.0 Å². The molecule has 0 aliphatic carbocycles. The number of hydrogen-bond acceptors (Lipinski definition) is 4. The lowest BCUT2D eigenvalue weighted by Gasteiger charge is -2.09. The van der Waals surface area contributed by atoms with Crippen LogP contribution in [0.2, 0.25) is 5.02 Å². The van der Waals surface area contributed by atoms with Crippen molar-refractivity contribution in [3.8, 4) is 0 Å². The van der Waals surface area contributed by atoms with Gasteiger partial charge in [-0.25, -0.2) is 9.97 Å². The lowest BCUT2D eigenvalue weighted by Crippen LogP contribution is -2.07. The molecule has 0 fully saturated rings. The minimum atomic E-state index is 0.696. The molecule has 0 spiro atoms. The van der Waals surface area contributed by atoms with Crippen LogP contribution >= 0.6 is 11.6 Å². The van der Waals surface area contributed by atoms with Gasteiger partial charge in [0.05, 0.1) is 0 Å². The highest BCUT2D eigenvalue weighted by Gasteiger charge is 2.00. The van der Waals surface area contributed by atoms with E-state index in [0.29, 0.717) is 6.54 Å². The van der Waals surface area contributed by atoms with E-state index in [9.17, 15) is 0 Å². The van der Waals surface area contributed by atoms with Gasteiger partial charge in [0.2, 0.25) is 0 Å². The molecule has 0 aliphatic heterocycles. The number of anilines is 2. The van der Waals surface area contributed by atoms with Crippen molar-refractivity contribution >= 4 is 23.2 Å². The monoisotopic (exact) mass is 352 g/mol. The molecule has 0 amide bonds. The van der Waals surface area contributed by atoms with Gasteiger partial charge in [-0.15, -0.1) is 0 Å². The maximum Gasteiger partial charge on any atom is 0.131 e. The molecular weight excluding hydrogens is 332 g/mol. The molecule has 2 N–H and O–H groups in total. The first-order valence-corrected chi connectivity index (χ1v) is 8.75. The summed E-state index contributed by atoms with van der Waals surface area (Å²) in [4.78, 5) is 8.53. The fourth-order valence-electron chi connectivity index (χ4n) is 2.50. The molecule has 1 aromatic heterocycles. The third-order valence-corrected chi connectivity index (χ3v) is 4.10. The van der Waals surface area contributed by atoms with Crippen molar-refractivity contribution in [2.45, 2.75) is 19.4 Å². The Bertz CT molecular complexity index is 775. The Hall–Kier alpha value is -2.59. The summed E-state index contributed by atoms with van der Waals surface area (Å²) < 4.78 is 0. The van der Waals surface area contributed by atoms with E-state index in [0.717, 1.165) is 41.6 Å². The molecule has 0 atom stereocenters. The summed E-state index contributed by atoms with van der Waals surface area (Å²) in [7, 11) is 0. The van der Waals surface area contributed by atoms with Crippen molar-refractivity contribution in [3.05, 3.63) is 83.1 Å². The van der Waals surface area contributed by atoms with Gasteiger partial charge in [-0.3, -0.25) is 0 Å². The zero-order valence-corrected chi connectivity index (χ0v) is 14.7. The van der Waals surface area contributed by atoms with Crippen LogP contribution in [0.1, 0.15) is 17.5 Å². The molecule has 5 heteroatoms. The molecule has 0 saturated carbocycles. The first-order chi connectivity index (χ1) is 12.3. The van der Waals surface area contributed by atoms with Crippen LogP contribution in [0.4, 0.5) is 11.6 Å². The fourth-order valence-corrected chi connectivity index (χ4v) is 2.63. The van der Waals surface area contributed by atoms with Crippen LogP contribution in [0.25, 0.3) is 0 Å². The van der Waals surface area contributed by atoms with Gasteiger partial charge in [0, 0.05) is 24.2 Å². The molecule has 4 nitrogen and oxygen atoms in total. The highest BCUT2D eigenvalue weighted by Crippen LogP contribution is 2.13. The molecule has 128 valence electrons.